The van der Waals surface area contributed by atoms with E-state index >= 15 is 0 Å². The molecule has 0 unspecified atom stereocenters. The van der Waals surface area contributed by atoms with Gasteiger partial charge in [0.1, 0.15) is 23.9 Å². The number of carbonyl (C=O) groups excluding carboxylic acids is 2. The molecule has 118 valence electrons. The van der Waals surface area contributed by atoms with Gasteiger partial charge in [0.15, 0.2) is 5.78 Å². The number of phenolic OH excluding ortho intramolecular Hbond substituents is 2. The van der Waals surface area contributed by atoms with Crippen LogP contribution in [0.5, 0.6) is 17.2 Å². The lowest BCUT2D eigenvalue weighted by Crippen LogP contribution is -2.21. The Bertz CT molecular complexity index is 837. The normalized spacial score (nSPS) is 12.8. The van der Waals surface area contributed by atoms with Gasteiger partial charge in [-0.2, -0.15) is 0 Å². The van der Waals surface area contributed by atoms with Crippen LogP contribution in [0.4, 0.5) is 0 Å². The highest BCUT2D eigenvalue weighted by atomic mass is 16.5. The van der Waals surface area contributed by atoms with E-state index < -0.39 is 17.3 Å². The Balaban J connectivity index is 2.21. The van der Waals surface area contributed by atoms with Crippen LogP contribution in [-0.4, -0.2) is 40.1 Å². The van der Waals surface area contributed by atoms with Gasteiger partial charge >= 0.3 is 0 Å². The molecule has 6 heteroatoms. The number of ketones is 2. The molecular weight excluding hydrogens is 300 g/mol. The predicted molar refractivity (Wildman–Crippen MR) is 80.4 cm³/mol. The quantitative estimate of drug-likeness (QED) is 0.677. The minimum Gasteiger partial charge on any atom is -0.507 e. The average molecular weight is 314 g/mol. The summed E-state index contributed by atoms with van der Waals surface area (Å²) in [6.45, 7) is 1.48. The minimum atomic E-state index is -0.613. The molecular formula is C17H14O6. The standard InChI is InChI=1S/C17H14O6/c1-8-4-10-14(12(19)5-8)17(22)15-11(16(10)21)6-9(7-13(15)20)23-3-2-18/h4-7,18-20H,2-3H2,1H3. The molecule has 0 amide bonds. The fraction of sp³-hybridized carbons (Fsp3) is 0.176. The number of fused-ring (bicyclic) bond motifs is 2. The van der Waals surface area contributed by atoms with Crippen molar-refractivity contribution in [2.24, 2.45) is 0 Å². The van der Waals surface area contributed by atoms with E-state index in [1.54, 1.807) is 6.92 Å². The van der Waals surface area contributed by atoms with Gasteiger partial charge in [-0.1, -0.05) is 0 Å². The van der Waals surface area contributed by atoms with Crippen molar-refractivity contribution in [3.05, 3.63) is 52.1 Å². The number of hydrogen-bond acceptors (Lipinski definition) is 6. The van der Waals surface area contributed by atoms with Crippen LogP contribution in [0.15, 0.2) is 24.3 Å². The monoisotopic (exact) mass is 314 g/mol. The van der Waals surface area contributed by atoms with Gasteiger partial charge in [-0.15, -0.1) is 0 Å². The number of aromatic hydroxyl groups is 2. The van der Waals surface area contributed by atoms with Crippen molar-refractivity contribution in [1.82, 2.24) is 0 Å². The third-order valence-corrected chi connectivity index (χ3v) is 3.66. The van der Waals surface area contributed by atoms with Crippen molar-refractivity contribution >= 4 is 11.6 Å². The number of aliphatic hydroxyl groups excluding tert-OH is 1. The van der Waals surface area contributed by atoms with Gasteiger partial charge in [0, 0.05) is 17.2 Å². The lowest BCUT2D eigenvalue weighted by atomic mass is 9.82. The zero-order valence-corrected chi connectivity index (χ0v) is 12.3. The first-order valence-electron chi connectivity index (χ1n) is 6.97. The second-order valence-electron chi connectivity index (χ2n) is 5.30. The molecule has 0 bridgehead atoms. The van der Waals surface area contributed by atoms with E-state index in [9.17, 15) is 19.8 Å². The Morgan fingerprint density at radius 2 is 1.52 bits per heavy atom. The first-order chi connectivity index (χ1) is 10.9. The number of carbonyl (C=O) groups is 2. The Hall–Kier alpha value is -2.86. The molecule has 1 aliphatic rings. The second kappa shape index (κ2) is 5.40. The number of aryl methyl sites for hydroxylation is 1. The molecule has 3 N–H and O–H groups in total. The van der Waals surface area contributed by atoms with Crippen molar-refractivity contribution in [3.63, 3.8) is 0 Å². The number of rotatable bonds is 3. The van der Waals surface area contributed by atoms with E-state index in [-0.39, 0.29) is 47.0 Å². The van der Waals surface area contributed by atoms with Crippen LogP contribution in [-0.2, 0) is 0 Å². The summed E-state index contributed by atoms with van der Waals surface area (Å²) in [6, 6.07) is 5.48. The molecule has 2 aromatic rings. The molecule has 0 heterocycles. The molecule has 0 radical (unpaired) electrons. The summed E-state index contributed by atoms with van der Waals surface area (Å²) in [5, 5.41) is 28.9. The Morgan fingerprint density at radius 3 is 2.17 bits per heavy atom. The van der Waals surface area contributed by atoms with Gasteiger partial charge in [0.25, 0.3) is 0 Å². The highest BCUT2D eigenvalue weighted by Gasteiger charge is 2.35. The van der Waals surface area contributed by atoms with Crippen molar-refractivity contribution in [2.45, 2.75) is 6.92 Å². The fourth-order valence-corrected chi connectivity index (χ4v) is 2.72. The summed E-state index contributed by atoms with van der Waals surface area (Å²) in [4.78, 5) is 25.2. The van der Waals surface area contributed by atoms with Crippen molar-refractivity contribution in [2.75, 3.05) is 13.2 Å². The number of phenols is 2. The summed E-state index contributed by atoms with van der Waals surface area (Å²) in [6.07, 6.45) is 0. The van der Waals surface area contributed by atoms with Crippen LogP contribution in [0, 0.1) is 6.92 Å². The van der Waals surface area contributed by atoms with E-state index in [2.05, 4.69) is 0 Å². The van der Waals surface area contributed by atoms with E-state index in [1.807, 2.05) is 0 Å². The first kappa shape index (κ1) is 15.1. The van der Waals surface area contributed by atoms with E-state index in [0.29, 0.717) is 5.56 Å². The van der Waals surface area contributed by atoms with E-state index in [1.165, 1.54) is 24.3 Å². The maximum absolute atomic E-state index is 12.7. The number of ether oxygens (including phenoxy) is 1. The zero-order chi connectivity index (χ0) is 16.7. The largest absolute Gasteiger partial charge is 0.507 e. The van der Waals surface area contributed by atoms with Gasteiger partial charge in [-0.3, -0.25) is 9.59 Å². The summed E-state index contributed by atoms with van der Waals surface area (Å²) < 4.78 is 5.20. The van der Waals surface area contributed by atoms with Crippen LogP contribution in [0.3, 0.4) is 0 Å². The number of hydrogen-bond donors (Lipinski definition) is 3. The lowest BCUT2D eigenvalue weighted by Gasteiger charge is -2.20. The van der Waals surface area contributed by atoms with Crippen LogP contribution in [0.1, 0.15) is 37.4 Å². The molecule has 0 aromatic heterocycles. The zero-order valence-electron chi connectivity index (χ0n) is 12.3. The fourth-order valence-electron chi connectivity index (χ4n) is 2.72. The summed E-state index contributed by atoms with van der Waals surface area (Å²) in [5.41, 5.74) is 0.493. The maximum atomic E-state index is 12.7. The molecule has 0 fully saturated rings. The SMILES string of the molecule is Cc1cc(O)c2c(c1)C(=O)c1cc(OCCO)cc(O)c1C2=O. The predicted octanol–water partition coefficient (Wildman–Crippen LogP) is 1.55. The summed E-state index contributed by atoms with van der Waals surface area (Å²) in [5.74, 6) is -1.60. The molecule has 23 heavy (non-hydrogen) atoms. The topological polar surface area (TPSA) is 104 Å². The van der Waals surface area contributed by atoms with Gasteiger partial charge in [0.05, 0.1) is 17.7 Å². The third kappa shape index (κ3) is 2.33. The van der Waals surface area contributed by atoms with E-state index in [0.717, 1.165) is 0 Å². The van der Waals surface area contributed by atoms with Gasteiger partial charge in [0.2, 0.25) is 5.78 Å². The Morgan fingerprint density at radius 1 is 0.913 bits per heavy atom. The second-order valence-corrected chi connectivity index (χ2v) is 5.30. The van der Waals surface area contributed by atoms with Gasteiger partial charge in [-0.25, -0.2) is 0 Å². The van der Waals surface area contributed by atoms with Crippen LogP contribution >= 0.6 is 0 Å². The Kier molecular flexibility index (Phi) is 3.54. The highest BCUT2D eigenvalue weighted by Crippen LogP contribution is 2.39. The maximum Gasteiger partial charge on any atom is 0.201 e. The number of aliphatic hydroxyl groups is 1. The van der Waals surface area contributed by atoms with Crippen LogP contribution < -0.4 is 4.74 Å². The average Bonchev–Trinajstić information content (AvgIpc) is 2.49. The number of benzene rings is 2. The van der Waals surface area contributed by atoms with Crippen LogP contribution in [0.2, 0.25) is 0 Å². The molecule has 0 saturated carbocycles. The summed E-state index contributed by atoms with van der Waals surface area (Å²) >= 11 is 0. The molecule has 2 aromatic carbocycles. The molecule has 6 nitrogen and oxygen atoms in total. The lowest BCUT2D eigenvalue weighted by molar-refractivity contribution is 0.0973. The molecule has 0 spiro atoms. The third-order valence-electron chi connectivity index (χ3n) is 3.66. The molecule has 0 atom stereocenters. The molecule has 1 aliphatic carbocycles. The van der Waals surface area contributed by atoms with Gasteiger partial charge < -0.3 is 20.1 Å². The van der Waals surface area contributed by atoms with Crippen molar-refractivity contribution in [1.29, 1.82) is 0 Å². The van der Waals surface area contributed by atoms with Crippen LogP contribution in [0.25, 0.3) is 0 Å². The molecule has 3 rings (SSSR count). The van der Waals surface area contributed by atoms with E-state index in [4.69, 9.17) is 9.84 Å². The molecule has 0 aliphatic heterocycles. The minimum absolute atomic E-state index is 0.00313. The first-order valence-corrected chi connectivity index (χ1v) is 6.97. The molecule has 0 saturated heterocycles. The van der Waals surface area contributed by atoms with Gasteiger partial charge in [-0.05, 0) is 30.7 Å². The highest BCUT2D eigenvalue weighted by molar-refractivity contribution is 6.30. The smallest absolute Gasteiger partial charge is 0.201 e. The van der Waals surface area contributed by atoms with Crippen molar-refractivity contribution in [3.8, 4) is 17.2 Å². The van der Waals surface area contributed by atoms with Crippen molar-refractivity contribution < 1.29 is 29.6 Å². The summed E-state index contributed by atoms with van der Waals surface area (Å²) in [7, 11) is 0. The Labute approximate surface area is 131 Å².